The Hall–Kier alpha value is -1.89. The molecule has 1 rings (SSSR count). The number of hydrogen-bond acceptors (Lipinski definition) is 4. The van der Waals surface area contributed by atoms with Crippen LogP contribution in [0.3, 0.4) is 0 Å². The van der Waals surface area contributed by atoms with Gasteiger partial charge in [0.15, 0.2) is 5.11 Å². The van der Waals surface area contributed by atoms with Crippen LogP contribution in [0.5, 0.6) is 5.75 Å². The SMILES string of the molecule is CCCCC(CC)CNC(=S)Nc1ccc([N+](=O)[O-])cc1OC. The monoisotopic (exact) mass is 339 g/mol. The van der Waals surface area contributed by atoms with Crippen molar-refractivity contribution in [1.82, 2.24) is 5.32 Å². The molecule has 23 heavy (non-hydrogen) atoms. The predicted octanol–water partition coefficient (Wildman–Crippen LogP) is 4.11. The number of ether oxygens (including phenoxy) is 1. The Morgan fingerprint density at radius 2 is 2.17 bits per heavy atom. The molecule has 0 spiro atoms. The molecule has 1 aromatic carbocycles. The number of non-ortho nitro benzene ring substituents is 1. The Morgan fingerprint density at radius 3 is 2.74 bits per heavy atom. The molecule has 1 unspecified atom stereocenters. The molecule has 7 heteroatoms. The van der Waals surface area contributed by atoms with Crippen molar-refractivity contribution in [3.63, 3.8) is 0 Å². The Morgan fingerprint density at radius 1 is 1.43 bits per heavy atom. The van der Waals surface area contributed by atoms with Gasteiger partial charge in [-0.05, 0) is 30.6 Å². The van der Waals surface area contributed by atoms with E-state index in [4.69, 9.17) is 17.0 Å². The van der Waals surface area contributed by atoms with Crippen LogP contribution >= 0.6 is 12.2 Å². The summed E-state index contributed by atoms with van der Waals surface area (Å²) in [4.78, 5) is 10.3. The van der Waals surface area contributed by atoms with E-state index in [1.165, 1.54) is 38.5 Å². The molecule has 0 heterocycles. The molecule has 1 aromatic rings. The third-order valence-electron chi connectivity index (χ3n) is 3.74. The van der Waals surface area contributed by atoms with Gasteiger partial charge in [0, 0.05) is 12.6 Å². The summed E-state index contributed by atoms with van der Waals surface area (Å²) in [5, 5.41) is 17.5. The van der Waals surface area contributed by atoms with Gasteiger partial charge in [-0.1, -0.05) is 33.1 Å². The largest absolute Gasteiger partial charge is 0.494 e. The Labute approximate surface area is 142 Å². The highest BCUT2D eigenvalue weighted by atomic mass is 32.1. The Bertz CT molecular complexity index is 537. The molecule has 0 saturated carbocycles. The lowest BCUT2D eigenvalue weighted by molar-refractivity contribution is -0.384. The highest BCUT2D eigenvalue weighted by Crippen LogP contribution is 2.28. The number of hydrogen-bond donors (Lipinski definition) is 2. The zero-order valence-corrected chi connectivity index (χ0v) is 14.7. The number of rotatable bonds is 9. The number of nitro groups is 1. The molecule has 0 bridgehead atoms. The molecule has 0 aliphatic rings. The molecule has 2 N–H and O–H groups in total. The second kappa shape index (κ2) is 9.99. The van der Waals surface area contributed by atoms with Crippen LogP contribution in [0.4, 0.5) is 11.4 Å². The first-order valence-corrected chi connectivity index (χ1v) is 8.29. The fourth-order valence-corrected chi connectivity index (χ4v) is 2.44. The lowest BCUT2D eigenvalue weighted by Gasteiger charge is -2.18. The minimum absolute atomic E-state index is 0.0168. The summed E-state index contributed by atoms with van der Waals surface area (Å²) in [6, 6.07) is 4.39. The quantitative estimate of drug-likeness (QED) is 0.401. The first-order valence-electron chi connectivity index (χ1n) is 7.89. The van der Waals surface area contributed by atoms with Crippen molar-refractivity contribution in [3.8, 4) is 5.75 Å². The molecule has 6 nitrogen and oxygen atoms in total. The fourth-order valence-electron chi connectivity index (χ4n) is 2.24. The molecule has 0 fully saturated rings. The first-order chi connectivity index (χ1) is 11.0. The maximum Gasteiger partial charge on any atom is 0.273 e. The highest BCUT2D eigenvalue weighted by molar-refractivity contribution is 7.80. The number of benzene rings is 1. The number of nitrogens with zero attached hydrogens (tertiary/aromatic N) is 1. The van der Waals surface area contributed by atoms with Crippen LogP contribution in [0.15, 0.2) is 18.2 Å². The van der Waals surface area contributed by atoms with E-state index < -0.39 is 4.92 Å². The normalized spacial score (nSPS) is 11.6. The van der Waals surface area contributed by atoms with E-state index in [9.17, 15) is 10.1 Å². The number of unbranched alkanes of at least 4 members (excludes halogenated alkanes) is 1. The third kappa shape index (κ3) is 6.40. The molecular weight excluding hydrogens is 314 g/mol. The molecular formula is C16H25N3O3S. The topological polar surface area (TPSA) is 76.4 Å². The van der Waals surface area contributed by atoms with Gasteiger partial charge in [-0.2, -0.15) is 0 Å². The van der Waals surface area contributed by atoms with Crippen molar-refractivity contribution >= 4 is 28.7 Å². The summed E-state index contributed by atoms with van der Waals surface area (Å²) in [7, 11) is 1.47. The molecule has 1 atom stereocenters. The zero-order chi connectivity index (χ0) is 17.2. The van der Waals surface area contributed by atoms with Gasteiger partial charge in [0.1, 0.15) is 5.75 Å². The van der Waals surface area contributed by atoms with Gasteiger partial charge in [-0.15, -0.1) is 0 Å². The summed E-state index contributed by atoms with van der Waals surface area (Å²) < 4.78 is 5.18. The summed E-state index contributed by atoms with van der Waals surface area (Å²) >= 11 is 5.30. The summed E-state index contributed by atoms with van der Waals surface area (Å²) in [5.74, 6) is 0.981. The van der Waals surface area contributed by atoms with E-state index in [0.717, 1.165) is 13.0 Å². The van der Waals surface area contributed by atoms with Gasteiger partial charge >= 0.3 is 0 Å². The van der Waals surface area contributed by atoms with Crippen molar-refractivity contribution in [2.24, 2.45) is 5.92 Å². The van der Waals surface area contributed by atoms with Crippen molar-refractivity contribution in [3.05, 3.63) is 28.3 Å². The van der Waals surface area contributed by atoms with E-state index in [1.807, 2.05) is 0 Å². The van der Waals surface area contributed by atoms with Crippen LogP contribution in [0, 0.1) is 16.0 Å². The van der Waals surface area contributed by atoms with Gasteiger partial charge < -0.3 is 15.4 Å². The molecule has 0 saturated heterocycles. The number of methoxy groups -OCH3 is 1. The van der Waals surface area contributed by atoms with Crippen molar-refractivity contribution < 1.29 is 9.66 Å². The van der Waals surface area contributed by atoms with Gasteiger partial charge in [0.2, 0.25) is 0 Å². The number of thiocarbonyl (C=S) groups is 1. The maximum absolute atomic E-state index is 10.8. The zero-order valence-electron chi connectivity index (χ0n) is 13.9. The van der Waals surface area contributed by atoms with E-state index >= 15 is 0 Å². The van der Waals surface area contributed by atoms with Crippen LogP contribution < -0.4 is 15.4 Å². The molecule has 0 amide bonds. The standard InChI is InChI=1S/C16H25N3O3S/c1-4-6-7-12(5-2)11-17-16(23)18-14-9-8-13(19(20)21)10-15(14)22-3/h8-10,12H,4-7,11H2,1-3H3,(H2,17,18,23). The third-order valence-corrected chi connectivity index (χ3v) is 3.99. The van der Waals surface area contributed by atoms with Crippen LogP contribution in [0.25, 0.3) is 0 Å². The summed E-state index contributed by atoms with van der Waals surface area (Å²) in [5.41, 5.74) is 0.592. The van der Waals surface area contributed by atoms with Crippen molar-refractivity contribution in [1.29, 1.82) is 0 Å². The van der Waals surface area contributed by atoms with Gasteiger partial charge in [-0.3, -0.25) is 10.1 Å². The van der Waals surface area contributed by atoms with E-state index in [0.29, 0.717) is 22.5 Å². The first kappa shape index (κ1) is 19.2. The number of nitro benzene ring substituents is 1. The van der Waals surface area contributed by atoms with Crippen molar-refractivity contribution in [2.45, 2.75) is 39.5 Å². The van der Waals surface area contributed by atoms with E-state index in [-0.39, 0.29) is 5.69 Å². The average molecular weight is 339 g/mol. The average Bonchev–Trinajstić information content (AvgIpc) is 2.55. The molecule has 0 radical (unpaired) electrons. The number of anilines is 1. The predicted molar refractivity (Wildman–Crippen MR) is 97.2 cm³/mol. The van der Waals surface area contributed by atoms with Crippen molar-refractivity contribution in [2.75, 3.05) is 19.0 Å². The summed E-state index contributed by atoms with van der Waals surface area (Å²) in [6.45, 7) is 5.18. The van der Waals surface area contributed by atoms with E-state index in [1.54, 1.807) is 6.07 Å². The van der Waals surface area contributed by atoms with Crippen LogP contribution in [-0.4, -0.2) is 23.7 Å². The minimum Gasteiger partial charge on any atom is -0.494 e. The molecule has 0 aliphatic carbocycles. The lowest BCUT2D eigenvalue weighted by atomic mass is 9.99. The highest BCUT2D eigenvalue weighted by Gasteiger charge is 2.13. The van der Waals surface area contributed by atoms with Crippen LogP contribution in [0.2, 0.25) is 0 Å². The van der Waals surface area contributed by atoms with Gasteiger partial charge in [-0.25, -0.2) is 0 Å². The Kier molecular flexibility index (Phi) is 8.32. The van der Waals surface area contributed by atoms with Crippen LogP contribution in [0.1, 0.15) is 39.5 Å². The smallest absolute Gasteiger partial charge is 0.273 e. The minimum atomic E-state index is -0.456. The van der Waals surface area contributed by atoms with Gasteiger partial charge in [0.05, 0.1) is 23.8 Å². The second-order valence-electron chi connectivity index (χ2n) is 5.39. The molecule has 128 valence electrons. The van der Waals surface area contributed by atoms with Crippen LogP contribution in [-0.2, 0) is 0 Å². The lowest BCUT2D eigenvalue weighted by Crippen LogP contribution is -2.32. The van der Waals surface area contributed by atoms with Gasteiger partial charge in [0.25, 0.3) is 5.69 Å². The fraction of sp³-hybridized carbons (Fsp3) is 0.562. The van der Waals surface area contributed by atoms with E-state index in [2.05, 4.69) is 24.5 Å². The molecule has 0 aliphatic heterocycles. The maximum atomic E-state index is 10.8. The Balaban J connectivity index is 2.61. The number of nitrogens with one attached hydrogen (secondary N) is 2. The second-order valence-corrected chi connectivity index (χ2v) is 5.80. The summed E-state index contributed by atoms with van der Waals surface area (Å²) in [6.07, 6.45) is 4.70. The molecule has 0 aromatic heterocycles.